The predicted octanol–water partition coefficient (Wildman–Crippen LogP) is 5.88. The second kappa shape index (κ2) is 13.5. The van der Waals surface area contributed by atoms with E-state index < -0.39 is 0 Å². The summed E-state index contributed by atoms with van der Waals surface area (Å²) in [5.74, 6) is -0.290. The largest absolute Gasteiger partial charge is 0.336 e. The molecule has 198 valence electrons. The van der Waals surface area contributed by atoms with Crippen LogP contribution in [0.1, 0.15) is 10.4 Å². The Hall–Kier alpha value is -2.56. The summed E-state index contributed by atoms with van der Waals surface area (Å²) < 4.78 is 0.947. The van der Waals surface area contributed by atoms with E-state index in [1.165, 1.54) is 11.8 Å². The number of halogens is 3. The minimum absolute atomic E-state index is 0.0888. The molecule has 3 aromatic carbocycles. The fraction of sp³-hybridized carbons (Fsp3) is 0.222. The molecule has 4 rings (SSSR count). The molecule has 1 fully saturated rings. The highest BCUT2D eigenvalue weighted by atomic mass is 79.9. The van der Waals surface area contributed by atoms with E-state index >= 15 is 0 Å². The van der Waals surface area contributed by atoms with E-state index in [-0.39, 0.29) is 30.0 Å². The molecule has 7 nitrogen and oxygen atoms in total. The van der Waals surface area contributed by atoms with Gasteiger partial charge in [-0.15, -0.1) is 11.8 Å². The Bertz CT molecular complexity index is 1300. The molecule has 3 aromatic rings. The van der Waals surface area contributed by atoms with Crippen LogP contribution >= 0.6 is 50.9 Å². The molecule has 0 aromatic heterocycles. The van der Waals surface area contributed by atoms with Crippen molar-refractivity contribution in [3.05, 3.63) is 86.8 Å². The van der Waals surface area contributed by atoms with Crippen LogP contribution < -0.4 is 10.6 Å². The lowest BCUT2D eigenvalue weighted by Crippen LogP contribution is -2.50. The van der Waals surface area contributed by atoms with Crippen LogP contribution in [0.15, 0.2) is 76.1 Å². The van der Waals surface area contributed by atoms with Gasteiger partial charge < -0.3 is 15.5 Å². The van der Waals surface area contributed by atoms with Gasteiger partial charge in [0, 0.05) is 57.0 Å². The first kappa shape index (κ1) is 28.4. The van der Waals surface area contributed by atoms with E-state index in [4.69, 9.17) is 23.2 Å². The van der Waals surface area contributed by atoms with Gasteiger partial charge in [0.2, 0.25) is 11.8 Å². The van der Waals surface area contributed by atoms with Crippen LogP contribution in [-0.4, -0.2) is 66.0 Å². The number of benzene rings is 3. The van der Waals surface area contributed by atoms with Crippen molar-refractivity contribution in [2.24, 2.45) is 0 Å². The predicted molar refractivity (Wildman–Crippen MR) is 157 cm³/mol. The summed E-state index contributed by atoms with van der Waals surface area (Å²) in [6.07, 6.45) is 0. The van der Waals surface area contributed by atoms with E-state index in [1.54, 1.807) is 29.2 Å². The van der Waals surface area contributed by atoms with E-state index in [0.29, 0.717) is 47.5 Å². The van der Waals surface area contributed by atoms with E-state index in [2.05, 4.69) is 26.6 Å². The van der Waals surface area contributed by atoms with Crippen molar-refractivity contribution in [3.63, 3.8) is 0 Å². The van der Waals surface area contributed by atoms with Crippen LogP contribution in [-0.2, 0) is 9.59 Å². The number of anilines is 2. The molecule has 0 unspecified atom stereocenters. The van der Waals surface area contributed by atoms with Crippen molar-refractivity contribution in [2.45, 2.75) is 4.90 Å². The van der Waals surface area contributed by atoms with Crippen molar-refractivity contribution < 1.29 is 14.4 Å². The minimum atomic E-state index is -0.231. The zero-order valence-electron chi connectivity index (χ0n) is 20.3. The van der Waals surface area contributed by atoms with Crippen LogP contribution in [0.5, 0.6) is 0 Å². The fourth-order valence-electron chi connectivity index (χ4n) is 3.95. The highest BCUT2D eigenvalue weighted by Crippen LogP contribution is 2.26. The Morgan fingerprint density at radius 3 is 2.13 bits per heavy atom. The van der Waals surface area contributed by atoms with Gasteiger partial charge in [0.1, 0.15) is 0 Å². The molecule has 1 saturated heterocycles. The van der Waals surface area contributed by atoms with Gasteiger partial charge in [-0.2, -0.15) is 0 Å². The standard InChI is InChI=1S/C27H25BrCl2N4O3S/c28-18-5-7-21(8-6-18)31-25(35)16-33-9-11-34(12-10-33)27(37)23-3-1-2-4-24(23)38-17-26(36)32-22-14-19(29)13-20(30)15-22/h1-8,13-15H,9-12,16-17H2,(H,31,35)(H,32,36). The zero-order chi connectivity index (χ0) is 27.1. The summed E-state index contributed by atoms with van der Waals surface area (Å²) >= 11 is 16.7. The highest BCUT2D eigenvalue weighted by molar-refractivity contribution is 9.10. The summed E-state index contributed by atoms with van der Waals surface area (Å²) in [6, 6.07) is 19.5. The maximum atomic E-state index is 13.3. The molecule has 0 bridgehead atoms. The number of amides is 3. The minimum Gasteiger partial charge on any atom is -0.336 e. The molecule has 0 spiro atoms. The average Bonchev–Trinajstić information content (AvgIpc) is 2.88. The molecule has 1 heterocycles. The first-order valence-electron chi connectivity index (χ1n) is 11.8. The number of carbonyl (C=O) groups is 3. The smallest absolute Gasteiger partial charge is 0.255 e. The molecule has 38 heavy (non-hydrogen) atoms. The Kier molecular flexibility index (Phi) is 10.1. The lowest BCUT2D eigenvalue weighted by Gasteiger charge is -2.34. The molecule has 0 radical (unpaired) electrons. The van der Waals surface area contributed by atoms with Crippen molar-refractivity contribution >= 4 is 80.0 Å². The molecule has 2 N–H and O–H groups in total. The van der Waals surface area contributed by atoms with Crippen molar-refractivity contribution in [1.82, 2.24) is 9.80 Å². The Morgan fingerprint density at radius 2 is 1.45 bits per heavy atom. The van der Waals surface area contributed by atoms with Crippen LogP contribution in [0.25, 0.3) is 0 Å². The molecule has 0 atom stereocenters. The molecular formula is C27H25BrCl2N4O3S. The van der Waals surface area contributed by atoms with Gasteiger partial charge in [0.05, 0.1) is 17.9 Å². The first-order chi connectivity index (χ1) is 18.3. The van der Waals surface area contributed by atoms with Crippen LogP contribution in [0.4, 0.5) is 11.4 Å². The molecule has 1 aliphatic heterocycles. The van der Waals surface area contributed by atoms with E-state index in [9.17, 15) is 14.4 Å². The van der Waals surface area contributed by atoms with Crippen LogP contribution in [0.2, 0.25) is 10.0 Å². The number of nitrogens with zero attached hydrogens (tertiary/aromatic N) is 2. The zero-order valence-corrected chi connectivity index (χ0v) is 24.2. The monoisotopic (exact) mass is 634 g/mol. The number of hydrogen-bond donors (Lipinski definition) is 2. The second-order valence-corrected chi connectivity index (χ2v) is 11.4. The normalized spacial score (nSPS) is 13.7. The quantitative estimate of drug-likeness (QED) is 0.302. The van der Waals surface area contributed by atoms with Crippen molar-refractivity contribution in [2.75, 3.05) is 49.1 Å². The molecule has 1 aliphatic rings. The Morgan fingerprint density at radius 1 is 0.816 bits per heavy atom. The SMILES string of the molecule is O=C(CSc1ccccc1C(=O)N1CCN(CC(=O)Nc2ccc(Br)cc2)CC1)Nc1cc(Cl)cc(Cl)c1. The van der Waals surface area contributed by atoms with Gasteiger partial charge in [-0.3, -0.25) is 19.3 Å². The van der Waals surface area contributed by atoms with Crippen LogP contribution in [0.3, 0.4) is 0 Å². The molecule has 11 heteroatoms. The first-order valence-corrected chi connectivity index (χ1v) is 14.3. The van der Waals surface area contributed by atoms with E-state index in [1.807, 2.05) is 47.4 Å². The Labute approximate surface area is 244 Å². The van der Waals surface area contributed by atoms with Crippen molar-refractivity contribution in [1.29, 1.82) is 0 Å². The molecule has 0 saturated carbocycles. The van der Waals surface area contributed by atoms with Gasteiger partial charge in [-0.25, -0.2) is 0 Å². The third kappa shape index (κ3) is 8.22. The van der Waals surface area contributed by atoms with Crippen molar-refractivity contribution in [3.8, 4) is 0 Å². The van der Waals surface area contributed by atoms with Gasteiger partial charge >= 0.3 is 0 Å². The molecular weight excluding hydrogens is 611 g/mol. The average molecular weight is 636 g/mol. The number of carbonyl (C=O) groups excluding carboxylic acids is 3. The summed E-state index contributed by atoms with van der Waals surface area (Å²) in [5.41, 5.74) is 1.81. The number of thioether (sulfide) groups is 1. The van der Waals surface area contributed by atoms with Gasteiger partial charge in [-0.1, -0.05) is 51.3 Å². The maximum absolute atomic E-state index is 13.3. The van der Waals surface area contributed by atoms with E-state index in [0.717, 1.165) is 15.1 Å². The number of hydrogen-bond acceptors (Lipinski definition) is 5. The number of piperazine rings is 1. The topological polar surface area (TPSA) is 81.8 Å². The lowest BCUT2D eigenvalue weighted by atomic mass is 10.2. The third-order valence-corrected chi connectivity index (χ3v) is 7.82. The highest BCUT2D eigenvalue weighted by Gasteiger charge is 2.25. The summed E-state index contributed by atoms with van der Waals surface area (Å²) in [5, 5.41) is 6.54. The summed E-state index contributed by atoms with van der Waals surface area (Å²) in [4.78, 5) is 42.8. The molecule has 0 aliphatic carbocycles. The fourth-order valence-corrected chi connectivity index (χ4v) is 5.59. The number of rotatable bonds is 8. The Balaban J connectivity index is 1.28. The molecule has 3 amide bonds. The van der Waals surface area contributed by atoms with Gasteiger partial charge in [-0.05, 0) is 54.6 Å². The summed E-state index contributed by atoms with van der Waals surface area (Å²) in [7, 11) is 0. The van der Waals surface area contributed by atoms with Gasteiger partial charge in [0.15, 0.2) is 0 Å². The van der Waals surface area contributed by atoms with Gasteiger partial charge in [0.25, 0.3) is 5.91 Å². The lowest BCUT2D eigenvalue weighted by molar-refractivity contribution is -0.117. The summed E-state index contributed by atoms with van der Waals surface area (Å²) in [6.45, 7) is 2.48. The number of nitrogens with one attached hydrogen (secondary N) is 2. The maximum Gasteiger partial charge on any atom is 0.255 e. The third-order valence-electron chi connectivity index (χ3n) is 5.78. The second-order valence-electron chi connectivity index (χ2n) is 8.61. The van der Waals surface area contributed by atoms with Crippen LogP contribution in [0, 0.1) is 0 Å².